The first-order valence-electron chi connectivity index (χ1n) is 9.37. The molecule has 0 saturated carbocycles. The van der Waals surface area contributed by atoms with Crippen LogP contribution in [-0.2, 0) is 22.6 Å². The van der Waals surface area contributed by atoms with E-state index in [1.165, 1.54) is 13.1 Å². The molecule has 1 aliphatic heterocycles. The topological polar surface area (TPSA) is 85.3 Å². The van der Waals surface area contributed by atoms with Gasteiger partial charge in [-0.2, -0.15) is 9.78 Å². The smallest absolute Gasteiger partial charge is 0.342 e. The summed E-state index contributed by atoms with van der Waals surface area (Å²) in [6, 6.07) is 2.85. The zero-order chi connectivity index (χ0) is 21.6. The van der Waals surface area contributed by atoms with Gasteiger partial charge in [0.15, 0.2) is 11.6 Å². The molecule has 0 fully saturated rings. The van der Waals surface area contributed by atoms with Gasteiger partial charge in [-0.15, -0.1) is 0 Å². The summed E-state index contributed by atoms with van der Waals surface area (Å²) >= 11 is 0. The second-order valence-corrected chi connectivity index (χ2v) is 7.18. The number of hydrogen-bond donors (Lipinski definition) is 2. The number of hydrogen-bond acceptors (Lipinski definition) is 4. The van der Waals surface area contributed by atoms with Crippen molar-refractivity contribution in [2.24, 2.45) is 5.92 Å². The average molecular weight is 408 g/mol. The van der Waals surface area contributed by atoms with Crippen LogP contribution in [0.4, 0.5) is 13.6 Å². The molecule has 0 saturated heterocycles. The normalized spacial score (nSPS) is 12.7. The summed E-state index contributed by atoms with van der Waals surface area (Å²) < 4.78 is 33.3. The number of carbonyl (C=O) groups is 2. The number of aromatic nitrogens is 2. The van der Waals surface area contributed by atoms with E-state index in [1.807, 2.05) is 0 Å². The second kappa shape index (κ2) is 10.1. The molecule has 7 nitrogen and oxygen atoms in total. The Morgan fingerprint density at radius 2 is 1.93 bits per heavy atom. The molecule has 2 heterocycles. The Morgan fingerprint density at radius 3 is 2.55 bits per heavy atom. The third-order valence-electron chi connectivity index (χ3n) is 3.88. The van der Waals surface area contributed by atoms with Crippen molar-refractivity contribution in [3.8, 4) is 11.3 Å². The summed E-state index contributed by atoms with van der Waals surface area (Å²) in [6.45, 7) is 6.94. The van der Waals surface area contributed by atoms with E-state index in [4.69, 9.17) is 4.74 Å². The fourth-order valence-electron chi connectivity index (χ4n) is 2.60. The molecule has 0 aliphatic carbocycles. The zero-order valence-electron chi connectivity index (χ0n) is 17.0. The maximum Gasteiger partial charge on any atom is 0.342 e. The first kappa shape index (κ1) is 22.5. The molecular weight excluding hydrogens is 382 g/mol. The number of benzene rings is 1. The van der Waals surface area contributed by atoms with E-state index >= 15 is 0 Å². The number of nitrogens with zero attached hydrogens (tertiary/aromatic N) is 2. The summed E-state index contributed by atoms with van der Waals surface area (Å²) in [4.78, 5) is 23.6. The second-order valence-electron chi connectivity index (χ2n) is 7.18. The Kier molecular flexibility index (Phi) is 7.83. The lowest BCUT2D eigenvalue weighted by molar-refractivity contribution is -0.119. The molecule has 0 radical (unpaired) electrons. The van der Waals surface area contributed by atoms with Crippen LogP contribution in [0.2, 0.25) is 0 Å². The monoisotopic (exact) mass is 408 g/mol. The van der Waals surface area contributed by atoms with E-state index < -0.39 is 17.7 Å². The summed E-state index contributed by atoms with van der Waals surface area (Å²) in [6.07, 6.45) is 0.444. The fraction of sp³-hybridized carbons (Fsp3) is 0.450. The zero-order valence-corrected chi connectivity index (χ0v) is 17.0. The Hall–Kier alpha value is -2.81. The van der Waals surface area contributed by atoms with Gasteiger partial charge in [0.25, 0.3) is 0 Å². The molecular formula is C20H26F2N4O3. The number of rotatable bonds is 3. The lowest BCUT2D eigenvalue weighted by Crippen LogP contribution is -2.38. The molecule has 29 heavy (non-hydrogen) atoms. The summed E-state index contributed by atoms with van der Waals surface area (Å²) in [5.74, 6) is -1.48. The molecule has 0 atom stereocenters. The number of ether oxygens (including phenoxy) is 1. The predicted octanol–water partition coefficient (Wildman–Crippen LogP) is 2.87. The molecule has 1 aromatic heterocycles. The van der Waals surface area contributed by atoms with E-state index in [2.05, 4.69) is 36.5 Å². The first-order valence-corrected chi connectivity index (χ1v) is 9.37. The Labute approximate surface area is 168 Å². The molecule has 158 valence electrons. The highest BCUT2D eigenvalue weighted by molar-refractivity contribution is 5.85. The van der Waals surface area contributed by atoms with Crippen molar-refractivity contribution in [2.75, 3.05) is 20.2 Å². The van der Waals surface area contributed by atoms with Crippen molar-refractivity contribution < 1.29 is 23.1 Å². The highest BCUT2D eigenvalue weighted by Gasteiger charge is 2.25. The van der Waals surface area contributed by atoms with Gasteiger partial charge in [0.2, 0.25) is 5.91 Å². The Morgan fingerprint density at radius 1 is 1.24 bits per heavy atom. The third kappa shape index (κ3) is 5.83. The third-order valence-corrected chi connectivity index (χ3v) is 3.88. The minimum Gasteiger partial charge on any atom is -0.376 e. The molecule has 0 bridgehead atoms. The van der Waals surface area contributed by atoms with Crippen molar-refractivity contribution >= 4 is 11.9 Å². The van der Waals surface area contributed by atoms with Gasteiger partial charge in [-0.05, 0) is 24.1 Å². The summed E-state index contributed by atoms with van der Waals surface area (Å²) in [5, 5.41) is 9.10. The molecule has 0 unspecified atom stereocenters. The van der Waals surface area contributed by atoms with Gasteiger partial charge < -0.3 is 15.4 Å². The van der Waals surface area contributed by atoms with Crippen LogP contribution < -0.4 is 10.6 Å². The van der Waals surface area contributed by atoms with Gasteiger partial charge in [-0.3, -0.25) is 4.79 Å². The maximum absolute atomic E-state index is 13.5. The Balaban J connectivity index is 0.000000687. The molecule has 2 aromatic rings. The van der Waals surface area contributed by atoms with E-state index in [-0.39, 0.29) is 19.1 Å². The fourth-order valence-corrected chi connectivity index (χ4v) is 2.60. The van der Waals surface area contributed by atoms with Crippen LogP contribution in [0.1, 0.15) is 32.0 Å². The van der Waals surface area contributed by atoms with E-state index in [9.17, 15) is 18.4 Å². The molecule has 3 rings (SSSR count). The van der Waals surface area contributed by atoms with Gasteiger partial charge in [0, 0.05) is 24.6 Å². The van der Waals surface area contributed by atoms with Crippen LogP contribution >= 0.6 is 0 Å². The predicted molar refractivity (Wildman–Crippen MR) is 104 cm³/mol. The number of nitrogens with one attached hydrogen (secondary N) is 2. The number of amides is 2. The van der Waals surface area contributed by atoms with E-state index in [0.717, 1.165) is 22.7 Å². The summed E-state index contributed by atoms with van der Waals surface area (Å²) in [5.41, 5.74) is 1.97. The minimum absolute atomic E-state index is 0.193. The van der Waals surface area contributed by atoms with Gasteiger partial charge >= 0.3 is 6.03 Å². The highest BCUT2D eigenvalue weighted by Crippen LogP contribution is 2.29. The van der Waals surface area contributed by atoms with Crippen molar-refractivity contribution in [3.05, 3.63) is 41.1 Å². The van der Waals surface area contributed by atoms with Crippen molar-refractivity contribution in [1.82, 2.24) is 20.4 Å². The van der Waals surface area contributed by atoms with Crippen LogP contribution in [0.15, 0.2) is 18.2 Å². The summed E-state index contributed by atoms with van der Waals surface area (Å²) in [7, 11) is 1.46. The van der Waals surface area contributed by atoms with Crippen LogP contribution in [0.25, 0.3) is 11.3 Å². The van der Waals surface area contributed by atoms with Crippen LogP contribution in [0, 0.1) is 17.6 Å². The van der Waals surface area contributed by atoms with Gasteiger partial charge in [0.05, 0.1) is 31.1 Å². The van der Waals surface area contributed by atoms with Crippen molar-refractivity contribution in [2.45, 2.75) is 33.8 Å². The largest absolute Gasteiger partial charge is 0.376 e. The SMILES string of the molecule is CC(C)C.CNC(=O)CNC(=O)n1nc(-c2ccc(F)c(F)c2)c2c1CCOC2. The molecule has 9 heteroatoms. The van der Waals surface area contributed by atoms with E-state index in [0.29, 0.717) is 35.5 Å². The maximum atomic E-state index is 13.5. The number of likely N-dealkylation sites (N-methyl/N-ethyl adjacent to an activating group) is 1. The highest BCUT2D eigenvalue weighted by atomic mass is 19.2. The molecule has 1 aliphatic rings. The molecule has 1 aromatic carbocycles. The lowest BCUT2D eigenvalue weighted by atomic mass is 10.0. The first-order chi connectivity index (χ1) is 13.7. The number of fused-ring (bicyclic) bond motifs is 1. The number of halogens is 2. The van der Waals surface area contributed by atoms with Crippen molar-refractivity contribution in [1.29, 1.82) is 0 Å². The molecule has 0 spiro atoms. The molecule has 2 amide bonds. The van der Waals surface area contributed by atoms with Crippen molar-refractivity contribution in [3.63, 3.8) is 0 Å². The Bertz CT molecular complexity index is 878. The number of carbonyl (C=O) groups excluding carboxylic acids is 2. The van der Waals surface area contributed by atoms with Crippen LogP contribution in [-0.4, -0.2) is 41.9 Å². The molecule has 2 N–H and O–H groups in total. The quantitative estimate of drug-likeness (QED) is 0.818. The van der Waals surface area contributed by atoms with Gasteiger partial charge in [-0.1, -0.05) is 20.8 Å². The average Bonchev–Trinajstić information content (AvgIpc) is 3.07. The lowest BCUT2D eigenvalue weighted by Gasteiger charge is -2.14. The van der Waals surface area contributed by atoms with Crippen LogP contribution in [0.5, 0.6) is 0 Å². The van der Waals surface area contributed by atoms with Crippen LogP contribution in [0.3, 0.4) is 0 Å². The van der Waals surface area contributed by atoms with Gasteiger partial charge in [0.1, 0.15) is 0 Å². The van der Waals surface area contributed by atoms with E-state index in [1.54, 1.807) is 0 Å². The van der Waals surface area contributed by atoms with Gasteiger partial charge in [-0.25, -0.2) is 13.6 Å². The minimum atomic E-state index is -0.999. The standard InChI is InChI=1S/C16H16F2N4O3.C4H10/c1-19-14(23)7-20-16(24)22-13-4-5-25-8-10(13)15(21-22)9-2-3-11(17)12(18)6-9;1-4(2)3/h2-3,6H,4-5,7-8H2,1H3,(H,19,23)(H,20,24);4H,1-3H3.